The first-order valence-corrected chi connectivity index (χ1v) is 8.27. The summed E-state index contributed by atoms with van der Waals surface area (Å²) in [4.78, 5) is 11.9. The van der Waals surface area contributed by atoms with E-state index in [4.69, 9.17) is 11.6 Å². The predicted molar refractivity (Wildman–Crippen MR) is 85.0 cm³/mol. The van der Waals surface area contributed by atoms with E-state index in [1.807, 2.05) is 20.8 Å². The van der Waals surface area contributed by atoms with Crippen LogP contribution in [0.2, 0.25) is 5.02 Å². The molecule has 1 N–H and O–H groups in total. The summed E-state index contributed by atoms with van der Waals surface area (Å²) in [7, 11) is -0.797. The van der Waals surface area contributed by atoms with Gasteiger partial charge in [-0.1, -0.05) is 32.4 Å². The maximum atomic E-state index is 12.1. The standard InChI is InChI=1S/C14H21ClN2O3S/c1-14(2,3)9-13(18)16-10-6-7-11(15)12(8-10)21(19,20)17(4)5/h6-8H,9H2,1-5H3,(H,16,18). The van der Waals surface area contributed by atoms with Gasteiger partial charge in [0.2, 0.25) is 15.9 Å². The minimum atomic E-state index is -3.65. The van der Waals surface area contributed by atoms with Crippen LogP contribution in [0.25, 0.3) is 0 Å². The molecule has 0 aliphatic heterocycles. The third-order valence-corrected chi connectivity index (χ3v) is 4.96. The maximum absolute atomic E-state index is 12.1. The van der Waals surface area contributed by atoms with Gasteiger partial charge < -0.3 is 5.32 Å². The summed E-state index contributed by atoms with van der Waals surface area (Å²) in [6, 6.07) is 4.42. The van der Waals surface area contributed by atoms with Gasteiger partial charge in [-0.2, -0.15) is 0 Å². The van der Waals surface area contributed by atoms with Crippen LogP contribution in [0.4, 0.5) is 5.69 Å². The average Bonchev–Trinajstić information content (AvgIpc) is 2.28. The number of nitrogens with one attached hydrogen (secondary N) is 1. The Kier molecular flexibility index (Phi) is 5.41. The summed E-state index contributed by atoms with van der Waals surface area (Å²) in [6.07, 6.45) is 0.339. The molecule has 1 aromatic rings. The number of hydrogen-bond acceptors (Lipinski definition) is 3. The van der Waals surface area contributed by atoms with Crippen LogP contribution in [0, 0.1) is 5.41 Å². The van der Waals surface area contributed by atoms with Gasteiger partial charge in [0.15, 0.2) is 0 Å². The smallest absolute Gasteiger partial charge is 0.244 e. The molecule has 0 fully saturated rings. The van der Waals surface area contributed by atoms with Crippen molar-refractivity contribution in [2.45, 2.75) is 32.1 Å². The largest absolute Gasteiger partial charge is 0.326 e. The third kappa shape index (κ3) is 4.98. The summed E-state index contributed by atoms with van der Waals surface area (Å²) in [5, 5.41) is 2.82. The van der Waals surface area contributed by atoms with Gasteiger partial charge in [-0.15, -0.1) is 0 Å². The van der Waals surface area contributed by atoms with Crippen LogP contribution >= 0.6 is 11.6 Å². The zero-order valence-corrected chi connectivity index (χ0v) is 14.5. The van der Waals surface area contributed by atoms with E-state index in [-0.39, 0.29) is 21.2 Å². The van der Waals surface area contributed by atoms with Crippen LogP contribution < -0.4 is 5.32 Å². The first-order chi connectivity index (χ1) is 9.43. The van der Waals surface area contributed by atoms with Crippen LogP contribution in [0.15, 0.2) is 23.1 Å². The zero-order chi connectivity index (χ0) is 16.4. The highest BCUT2D eigenvalue weighted by Gasteiger charge is 2.22. The highest BCUT2D eigenvalue weighted by molar-refractivity contribution is 7.89. The number of hydrogen-bond donors (Lipinski definition) is 1. The molecular weight excluding hydrogens is 312 g/mol. The van der Waals surface area contributed by atoms with Crippen molar-refractivity contribution in [1.82, 2.24) is 4.31 Å². The van der Waals surface area contributed by atoms with E-state index in [2.05, 4.69) is 5.32 Å². The zero-order valence-electron chi connectivity index (χ0n) is 12.9. The van der Waals surface area contributed by atoms with Crippen molar-refractivity contribution >= 4 is 33.2 Å². The number of halogens is 1. The minimum absolute atomic E-state index is 0.0253. The fraction of sp³-hybridized carbons (Fsp3) is 0.500. The summed E-state index contributed by atoms with van der Waals surface area (Å²) in [5.74, 6) is -0.168. The monoisotopic (exact) mass is 332 g/mol. The summed E-state index contributed by atoms with van der Waals surface area (Å²) >= 11 is 5.95. The summed E-state index contributed by atoms with van der Waals surface area (Å²) in [6.45, 7) is 5.86. The molecule has 0 saturated heterocycles. The van der Waals surface area contributed by atoms with Crippen molar-refractivity contribution in [3.8, 4) is 0 Å². The van der Waals surface area contributed by atoms with Gasteiger partial charge in [-0.25, -0.2) is 12.7 Å². The Hall–Kier alpha value is -1.11. The Morgan fingerprint density at radius 3 is 2.33 bits per heavy atom. The molecule has 0 atom stereocenters. The van der Waals surface area contributed by atoms with E-state index in [0.29, 0.717) is 12.1 Å². The molecule has 0 bridgehead atoms. The number of anilines is 1. The predicted octanol–water partition coefficient (Wildman–Crippen LogP) is 2.97. The summed E-state index contributed by atoms with van der Waals surface area (Å²) < 4.78 is 25.4. The lowest BCUT2D eigenvalue weighted by molar-refractivity contribution is -0.117. The average molecular weight is 333 g/mol. The lowest BCUT2D eigenvalue weighted by Gasteiger charge is -2.18. The van der Waals surface area contributed by atoms with Gasteiger partial charge in [0.1, 0.15) is 4.90 Å². The molecular formula is C14H21ClN2O3S. The Morgan fingerprint density at radius 1 is 1.29 bits per heavy atom. The molecule has 0 saturated carbocycles. The third-order valence-electron chi connectivity index (χ3n) is 2.66. The van der Waals surface area contributed by atoms with Crippen LogP contribution in [0.3, 0.4) is 0 Å². The van der Waals surface area contributed by atoms with Crippen molar-refractivity contribution in [3.63, 3.8) is 0 Å². The Bertz CT molecular complexity index is 634. The van der Waals surface area contributed by atoms with E-state index < -0.39 is 10.0 Å². The molecule has 7 heteroatoms. The quantitative estimate of drug-likeness (QED) is 0.921. The SMILES string of the molecule is CN(C)S(=O)(=O)c1cc(NC(=O)CC(C)(C)C)ccc1Cl. The van der Waals surface area contributed by atoms with Crippen molar-refractivity contribution in [2.24, 2.45) is 5.41 Å². The van der Waals surface area contributed by atoms with Crippen molar-refractivity contribution in [3.05, 3.63) is 23.2 Å². The minimum Gasteiger partial charge on any atom is -0.326 e. The molecule has 0 radical (unpaired) electrons. The lowest BCUT2D eigenvalue weighted by atomic mass is 9.92. The number of amides is 1. The topological polar surface area (TPSA) is 66.5 Å². The van der Waals surface area contributed by atoms with E-state index in [0.717, 1.165) is 4.31 Å². The van der Waals surface area contributed by atoms with Gasteiger partial charge >= 0.3 is 0 Å². The number of carbonyl (C=O) groups excluding carboxylic acids is 1. The molecule has 1 aromatic carbocycles. The number of benzene rings is 1. The van der Waals surface area contributed by atoms with E-state index in [9.17, 15) is 13.2 Å². The second kappa shape index (κ2) is 6.34. The van der Waals surface area contributed by atoms with Gasteiger partial charge in [-0.3, -0.25) is 4.79 Å². The molecule has 1 amide bonds. The van der Waals surface area contributed by atoms with Crippen LogP contribution in [0.1, 0.15) is 27.2 Å². The number of sulfonamides is 1. The molecule has 0 unspecified atom stereocenters. The fourth-order valence-electron chi connectivity index (χ4n) is 1.66. The Balaban J connectivity index is 3.06. The normalized spacial score (nSPS) is 12.5. The van der Waals surface area contributed by atoms with Crippen molar-refractivity contribution in [1.29, 1.82) is 0 Å². The molecule has 1 rings (SSSR count). The number of rotatable bonds is 4. The van der Waals surface area contributed by atoms with Crippen LogP contribution in [-0.4, -0.2) is 32.7 Å². The van der Waals surface area contributed by atoms with Gasteiger partial charge in [0, 0.05) is 26.2 Å². The van der Waals surface area contributed by atoms with E-state index >= 15 is 0 Å². The van der Waals surface area contributed by atoms with Crippen LogP contribution in [0.5, 0.6) is 0 Å². The van der Waals surface area contributed by atoms with E-state index in [1.165, 1.54) is 26.2 Å². The molecule has 0 aliphatic rings. The fourth-order valence-corrected chi connectivity index (χ4v) is 3.06. The van der Waals surface area contributed by atoms with Crippen molar-refractivity contribution in [2.75, 3.05) is 19.4 Å². The maximum Gasteiger partial charge on any atom is 0.244 e. The Morgan fingerprint density at radius 2 is 1.86 bits per heavy atom. The Labute approximate surface area is 131 Å². The van der Waals surface area contributed by atoms with Crippen LogP contribution in [-0.2, 0) is 14.8 Å². The summed E-state index contributed by atoms with van der Waals surface area (Å²) in [5.41, 5.74) is 0.267. The first kappa shape index (κ1) is 17.9. The lowest BCUT2D eigenvalue weighted by Crippen LogP contribution is -2.23. The van der Waals surface area contributed by atoms with Crippen molar-refractivity contribution < 1.29 is 13.2 Å². The van der Waals surface area contributed by atoms with E-state index in [1.54, 1.807) is 6.07 Å². The molecule has 5 nitrogen and oxygen atoms in total. The molecule has 118 valence electrons. The second-order valence-electron chi connectivity index (χ2n) is 6.22. The molecule has 0 aromatic heterocycles. The highest BCUT2D eigenvalue weighted by Crippen LogP contribution is 2.27. The molecule has 21 heavy (non-hydrogen) atoms. The molecule has 0 aliphatic carbocycles. The molecule has 0 heterocycles. The molecule has 0 spiro atoms. The van der Waals surface area contributed by atoms with Gasteiger partial charge in [0.05, 0.1) is 5.02 Å². The number of carbonyl (C=O) groups is 1. The first-order valence-electron chi connectivity index (χ1n) is 6.45. The van der Waals surface area contributed by atoms with Gasteiger partial charge in [-0.05, 0) is 23.6 Å². The second-order valence-corrected chi connectivity index (χ2v) is 8.75. The van der Waals surface area contributed by atoms with Gasteiger partial charge in [0.25, 0.3) is 0 Å². The number of nitrogens with zero attached hydrogens (tertiary/aromatic N) is 1. The highest BCUT2D eigenvalue weighted by atomic mass is 35.5.